The van der Waals surface area contributed by atoms with E-state index in [-0.39, 0.29) is 66.1 Å². The SMILES string of the molecule is C=CC(=O)OCCOCC(COCCOC)(COCCOC(=O)C=C)COCCOC(=O)C=C. The molecule has 11 heteroatoms. The van der Waals surface area contributed by atoms with Gasteiger partial charge in [-0.15, -0.1) is 0 Å². The molecular formula is C23H36O11. The highest BCUT2D eigenvalue weighted by atomic mass is 16.6. The first-order valence-corrected chi connectivity index (χ1v) is 10.6. The van der Waals surface area contributed by atoms with Crippen LogP contribution in [0.3, 0.4) is 0 Å². The maximum absolute atomic E-state index is 11.2. The summed E-state index contributed by atoms with van der Waals surface area (Å²) >= 11 is 0. The van der Waals surface area contributed by atoms with Crippen LogP contribution in [0.5, 0.6) is 0 Å². The molecule has 0 radical (unpaired) electrons. The summed E-state index contributed by atoms with van der Waals surface area (Å²) in [6.07, 6.45) is 3.19. The van der Waals surface area contributed by atoms with Gasteiger partial charge in [0.2, 0.25) is 0 Å². The molecule has 0 atom stereocenters. The van der Waals surface area contributed by atoms with Crippen molar-refractivity contribution in [2.24, 2.45) is 5.41 Å². The fourth-order valence-corrected chi connectivity index (χ4v) is 2.33. The van der Waals surface area contributed by atoms with Gasteiger partial charge in [0.1, 0.15) is 19.8 Å². The molecule has 0 N–H and O–H groups in total. The molecule has 0 bridgehead atoms. The minimum Gasteiger partial charge on any atom is -0.460 e. The Morgan fingerprint density at radius 3 is 1.12 bits per heavy atom. The Morgan fingerprint density at radius 1 is 0.559 bits per heavy atom. The van der Waals surface area contributed by atoms with Gasteiger partial charge in [-0.25, -0.2) is 14.4 Å². The van der Waals surface area contributed by atoms with Gasteiger partial charge in [-0.3, -0.25) is 0 Å². The van der Waals surface area contributed by atoms with E-state index >= 15 is 0 Å². The summed E-state index contributed by atoms with van der Waals surface area (Å²) in [7, 11) is 1.56. The van der Waals surface area contributed by atoms with Crippen molar-refractivity contribution in [2.75, 3.05) is 86.4 Å². The van der Waals surface area contributed by atoms with Crippen molar-refractivity contribution in [1.82, 2.24) is 0 Å². The van der Waals surface area contributed by atoms with Crippen LogP contribution in [-0.2, 0) is 52.3 Å². The second kappa shape index (κ2) is 21.0. The summed E-state index contributed by atoms with van der Waals surface area (Å²) in [6.45, 7) is 11.9. The Morgan fingerprint density at radius 2 is 0.853 bits per heavy atom. The average molecular weight is 489 g/mol. The Labute approximate surface area is 200 Å². The monoisotopic (exact) mass is 488 g/mol. The lowest BCUT2D eigenvalue weighted by Crippen LogP contribution is -2.43. The van der Waals surface area contributed by atoms with Crippen LogP contribution in [0.25, 0.3) is 0 Å². The van der Waals surface area contributed by atoms with Crippen molar-refractivity contribution < 1.29 is 52.3 Å². The van der Waals surface area contributed by atoms with Crippen LogP contribution in [0.2, 0.25) is 0 Å². The number of rotatable bonds is 23. The third-order valence-corrected chi connectivity index (χ3v) is 3.98. The molecule has 0 saturated carbocycles. The lowest BCUT2D eigenvalue weighted by molar-refractivity contribution is -0.145. The van der Waals surface area contributed by atoms with E-state index < -0.39 is 23.3 Å². The van der Waals surface area contributed by atoms with E-state index in [1.54, 1.807) is 7.11 Å². The largest absolute Gasteiger partial charge is 0.460 e. The number of methoxy groups -OCH3 is 1. The van der Waals surface area contributed by atoms with Crippen LogP contribution < -0.4 is 0 Å². The summed E-state index contributed by atoms with van der Waals surface area (Å²) < 4.78 is 42.5. The van der Waals surface area contributed by atoms with Gasteiger partial charge >= 0.3 is 17.9 Å². The number of esters is 3. The Bertz CT molecular complexity index is 544. The second-order valence-electron chi connectivity index (χ2n) is 6.82. The number of carbonyl (C=O) groups is 3. The van der Waals surface area contributed by atoms with Gasteiger partial charge in [0.15, 0.2) is 0 Å². The van der Waals surface area contributed by atoms with Gasteiger partial charge < -0.3 is 37.9 Å². The molecule has 0 aliphatic heterocycles. The number of hydrogen-bond acceptors (Lipinski definition) is 11. The first-order valence-electron chi connectivity index (χ1n) is 10.6. The van der Waals surface area contributed by atoms with Gasteiger partial charge in [-0.05, 0) is 0 Å². The van der Waals surface area contributed by atoms with E-state index in [0.717, 1.165) is 18.2 Å². The van der Waals surface area contributed by atoms with Gasteiger partial charge in [-0.2, -0.15) is 0 Å². The maximum atomic E-state index is 11.2. The number of hydrogen-bond donors (Lipinski definition) is 0. The smallest absolute Gasteiger partial charge is 0.330 e. The van der Waals surface area contributed by atoms with Crippen molar-refractivity contribution in [3.8, 4) is 0 Å². The standard InChI is InChI=1S/C23H36O11/c1-5-20(24)32-13-10-29-17-23(16-28-9-8-27-4,18-30-11-14-33-21(25)6-2)19-31-12-15-34-22(26)7-3/h5-7H,1-3,8-19H2,4H3. The lowest BCUT2D eigenvalue weighted by atomic mass is 9.92. The van der Waals surface area contributed by atoms with E-state index in [1.807, 2.05) is 0 Å². The normalized spacial score (nSPS) is 10.9. The van der Waals surface area contributed by atoms with Gasteiger partial charge in [0, 0.05) is 25.3 Å². The van der Waals surface area contributed by atoms with Crippen LogP contribution in [0.15, 0.2) is 38.0 Å². The molecule has 0 fully saturated rings. The highest BCUT2D eigenvalue weighted by Crippen LogP contribution is 2.21. The molecule has 194 valence electrons. The molecule has 0 spiro atoms. The summed E-state index contributed by atoms with van der Waals surface area (Å²) in [5, 5.41) is 0. The van der Waals surface area contributed by atoms with Crippen molar-refractivity contribution in [3.05, 3.63) is 38.0 Å². The molecule has 0 unspecified atom stereocenters. The lowest BCUT2D eigenvalue weighted by Gasteiger charge is -2.33. The first kappa shape index (κ1) is 31.4. The third kappa shape index (κ3) is 17.0. The molecule has 0 amide bonds. The van der Waals surface area contributed by atoms with Crippen molar-refractivity contribution in [3.63, 3.8) is 0 Å². The van der Waals surface area contributed by atoms with Crippen LogP contribution >= 0.6 is 0 Å². The van der Waals surface area contributed by atoms with Crippen LogP contribution in [0.4, 0.5) is 0 Å². The highest BCUT2D eigenvalue weighted by Gasteiger charge is 2.32. The molecule has 0 aromatic carbocycles. The predicted octanol–water partition coefficient (Wildman–Crippen LogP) is 0.873. The number of ether oxygens (including phenoxy) is 8. The van der Waals surface area contributed by atoms with E-state index in [2.05, 4.69) is 19.7 Å². The zero-order valence-corrected chi connectivity index (χ0v) is 19.8. The molecule has 11 nitrogen and oxygen atoms in total. The van der Waals surface area contributed by atoms with Crippen LogP contribution in [0.1, 0.15) is 0 Å². The minimum atomic E-state index is -0.763. The molecule has 0 aliphatic carbocycles. The molecule has 0 aliphatic rings. The Kier molecular flexibility index (Phi) is 19.4. The van der Waals surface area contributed by atoms with Crippen molar-refractivity contribution in [2.45, 2.75) is 0 Å². The Balaban J connectivity index is 4.95. The maximum Gasteiger partial charge on any atom is 0.330 e. The second-order valence-corrected chi connectivity index (χ2v) is 6.82. The Hall–Kier alpha value is -2.57. The molecular weight excluding hydrogens is 452 g/mol. The van der Waals surface area contributed by atoms with Crippen LogP contribution in [-0.4, -0.2) is 104 Å². The summed E-state index contributed by atoms with van der Waals surface area (Å²) in [6, 6.07) is 0. The van der Waals surface area contributed by atoms with Gasteiger partial charge in [-0.1, -0.05) is 19.7 Å². The van der Waals surface area contributed by atoms with E-state index in [9.17, 15) is 14.4 Å². The van der Waals surface area contributed by atoms with Gasteiger partial charge in [0.25, 0.3) is 0 Å². The zero-order chi connectivity index (χ0) is 25.5. The fourth-order valence-electron chi connectivity index (χ4n) is 2.33. The molecule has 0 rings (SSSR count). The highest BCUT2D eigenvalue weighted by molar-refractivity contribution is 5.81. The average Bonchev–Trinajstić information content (AvgIpc) is 2.85. The predicted molar refractivity (Wildman–Crippen MR) is 121 cm³/mol. The third-order valence-electron chi connectivity index (χ3n) is 3.98. The van der Waals surface area contributed by atoms with E-state index in [4.69, 9.17) is 37.9 Å². The van der Waals surface area contributed by atoms with E-state index in [1.165, 1.54) is 0 Å². The topological polar surface area (TPSA) is 125 Å². The quantitative estimate of drug-likeness (QED) is 0.0880. The molecule has 34 heavy (non-hydrogen) atoms. The molecule has 0 heterocycles. The zero-order valence-electron chi connectivity index (χ0n) is 19.8. The summed E-state index contributed by atoms with van der Waals surface area (Å²) in [4.78, 5) is 33.5. The molecule has 0 aromatic rings. The van der Waals surface area contributed by atoms with Crippen molar-refractivity contribution >= 4 is 17.9 Å². The van der Waals surface area contributed by atoms with Crippen molar-refractivity contribution in [1.29, 1.82) is 0 Å². The summed E-state index contributed by atoms with van der Waals surface area (Å²) in [5.41, 5.74) is -0.763. The molecule has 0 saturated heterocycles. The van der Waals surface area contributed by atoms with Crippen LogP contribution in [0, 0.1) is 5.41 Å². The minimum absolute atomic E-state index is 0.0438. The van der Waals surface area contributed by atoms with E-state index in [0.29, 0.717) is 13.2 Å². The molecule has 0 aromatic heterocycles. The summed E-state index contributed by atoms with van der Waals surface area (Å²) in [5.74, 6) is -1.65. The first-order chi connectivity index (χ1) is 16.4. The fraction of sp³-hybridized carbons (Fsp3) is 0.609. The van der Waals surface area contributed by atoms with Gasteiger partial charge in [0.05, 0.1) is 64.9 Å². The number of carbonyl (C=O) groups excluding carboxylic acids is 3.